The lowest BCUT2D eigenvalue weighted by atomic mass is 9.94. The molecule has 0 radical (unpaired) electrons. The van der Waals surface area contributed by atoms with Crippen LogP contribution in [0.4, 0.5) is 5.69 Å². The fraction of sp³-hybridized carbons (Fsp3) is 0.464. The van der Waals surface area contributed by atoms with Crippen LogP contribution in [0, 0.1) is 0 Å². The molecule has 1 aliphatic rings. The molecule has 0 aromatic heterocycles. The number of nitrogens with one attached hydrogen (secondary N) is 1. The second-order valence-corrected chi connectivity index (χ2v) is 9.88. The molecule has 0 spiro atoms. The first-order chi connectivity index (χ1) is 16.9. The van der Waals surface area contributed by atoms with Crippen molar-refractivity contribution in [1.29, 1.82) is 0 Å². The minimum atomic E-state index is -0.573. The summed E-state index contributed by atoms with van der Waals surface area (Å²) in [6, 6.07) is 13.3. The molecule has 0 unspecified atom stereocenters. The number of rotatable bonds is 10. The largest absolute Gasteiger partial charge is 0.452 e. The normalized spacial score (nSPS) is 13.8. The second-order valence-electron chi connectivity index (χ2n) is 8.86. The Labute approximate surface area is 212 Å². The Kier molecular flexibility index (Phi) is 10.2. The number of carbonyl (C=O) groups is 3. The second kappa shape index (κ2) is 13.3. The molecule has 6 nitrogen and oxygen atoms in total. The summed E-state index contributed by atoms with van der Waals surface area (Å²) >= 11 is 1.33. The molecule has 1 aliphatic carbocycles. The van der Waals surface area contributed by atoms with Crippen LogP contribution >= 0.6 is 11.8 Å². The van der Waals surface area contributed by atoms with Crippen LogP contribution in [0.2, 0.25) is 0 Å². The molecule has 0 atom stereocenters. The zero-order chi connectivity index (χ0) is 25.2. The monoisotopic (exact) mass is 496 g/mol. The van der Waals surface area contributed by atoms with E-state index >= 15 is 0 Å². The van der Waals surface area contributed by atoms with Crippen LogP contribution in [0.15, 0.2) is 47.4 Å². The number of carbonyl (C=O) groups excluding carboxylic acids is 3. The van der Waals surface area contributed by atoms with Gasteiger partial charge in [0.25, 0.3) is 5.91 Å². The van der Waals surface area contributed by atoms with Gasteiger partial charge < -0.3 is 15.0 Å². The highest BCUT2D eigenvalue weighted by atomic mass is 32.2. The van der Waals surface area contributed by atoms with Gasteiger partial charge in [-0.2, -0.15) is 0 Å². The summed E-state index contributed by atoms with van der Waals surface area (Å²) in [6.07, 6.45) is 7.28. The molecular formula is C28H36N2O4S. The van der Waals surface area contributed by atoms with E-state index in [0.717, 1.165) is 42.5 Å². The molecule has 2 aromatic rings. The predicted octanol–water partition coefficient (Wildman–Crippen LogP) is 5.49. The molecule has 0 bridgehead atoms. The number of ether oxygens (including phenoxy) is 1. The molecular weight excluding hydrogens is 460 g/mol. The Balaban J connectivity index is 1.57. The highest BCUT2D eigenvalue weighted by Crippen LogP contribution is 2.26. The molecule has 1 N–H and O–H groups in total. The number of hydrogen-bond donors (Lipinski definition) is 1. The summed E-state index contributed by atoms with van der Waals surface area (Å²) < 4.78 is 5.34. The number of aryl methyl sites for hydroxylation is 2. The summed E-state index contributed by atoms with van der Waals surface area (Å²) in [5.74, 6) is -0.629. The van der Waals surface area contributed by atoms with E-state index in [2.05, 4.69) is 5.32 Å². The van der Waals surface area contributed by atoms with Crippen molar-refractivity contribution in [2.24, 2.45) is 0 Å². The molecule has 7 heteroatoms. The minimum absolute atomic E-state index is 0.0609. The third-order valence-corrected chi connectivity index (χ3v) is 7.63. The first kappa shape index (κ1) is 26.8. The minimum Gasteiger partial charge on any atom is -0.452 e. The molecule has 1 fully saturated rings. The summed E-state index contributed by atoms with van der Waals surface area (Å²) in [6.45, 7) is 3.70. The van der Waals surface area contributed by atoms with E-state index in [1.807, 2.05) is 50.1 Å². The lowest BCUT2D eigenvalue weighted by Crippen LogP contribution is -2.39. The summed E-state index contributed by atoms with van der Waals surface area (Å²) in [5, 5.41) is 2.91. The van der Waals surface area contributed by atoms with Gasteiger partial charge in [0, 0.05) is 23.7 Å². The summed E-state index contributed by atoms with van der Waals surface area (Å²) in [7, 11) is 1.87. The van der Waals surface area contributed by atoms with Crippen LogP contribution < -0.4 is 5.32 Å². The van der Waals surface area contributed by atoms with Crippen molar-refractivity contribution >= 4 is 35.2 Å². The first-order valence-electron chi connectivity index (χ1n) is 12.5. The number of para-hydroxylation sites is 1. The van der Waals surface area contributed by atoms with Gasteiger partial charge in [0.1, 0.15) is 0 Å². The predicted molar refractivity (Wildman–Crippen MR) is 141 cm³/mol. The molecule has 0 aliphatic heterocycles. The Morgan fingerprint density at radius 2 is 1.63 bits per heavy atom. The molecule has 0 heterocycles. The van der Waals surface area contributed by atoms with Gasteiger partial charge in [0.05, 0.1) is 11.3 Å². The molecule has 0 saturated heterocycles. The third-order valence-electron chi connectivity index (χ3n) is 6.57. The number of hydrogen-bond acceptors (Lipinski definition) is 5. The van der Waals surface area contributed by atoms with E-state index in [1.54, 1.807) is 18.2 Å². The van der Waals surface area contributed by atoms with Crippen LogP contribution in [0.25, 0.3) is 0 Å². The van der Waals surface area contributed by atoms with E-state index in [-0.39, 0.29) is 24.2 Å². The summed E-state index contributed by atoms with van der Waals surface area (Å²) in [5.41, 5.74) is 3.26. The van der Waals surface area contributed by atoms with Gasteiger partial charge in [0.15, 0.2) is 6.61 Å². The zero-order valence-electron chi connectivity index (χ0n) is 21.0. The van der Waals surface area contributed by atoms with Crippen LogP contribution in [-0.4, -0.2) is 48.1 Å². The summed E-state index contributed by atoms with van der Waals surface area (Å²) in [4.78, 5) is 40.6. The highest BCUT2D eigenvalue weighted by Gasteiger charge is 2.23. The van der Waals surface area contributed by atoms with Gasteiger partial charge in [0.2, 0.25) is 5.91 Å². The Morgan fingerprint density at radius 3 is 2.29 bits per heavy atom. The Morgan fingerprint density at radius 1 is 0.971 bits per heavy atom. The van der Waals surface area contributed by atoms with E-state index in [9.17, 15) is 14.4 Å². The van der Waals surface area contributed by atoms with Gasteiger partial charge in [-0.05, 0) is 48.9 Å². The van der Waals surface area contributed by atoms with Crippen LogP contribution in [0.5, 0.6) is 0 Å². The van der Waals surface area contributed by atoms with Crippen LogP contribution in [-0.2, 0) is 27.2 Å². The number of esters is 1. The Bertz CT molecular complexity index is 1010. The molecule has 35 heavy (non-hydrogen) atoms. The molecule has 3 rings (SSSR count). The number of amides is 2. The highest BCUT2D eigenvalue weighted by molar-refractivity contribution is 8.00. The van der Waals surface area contributed by atoms with E-state index in [0.29, 0.717) is 16.5 Å². The lowest BCUT2D eigenvalue weighted by molar-refractivity contribution is -0.129. The van der Waals surface area contributed by atoms with Gasteiger partial charge in [-0.3, -0.25) is 9.59 Å². The van der Waals surface area contributed by atoms with Crippen LogP contribution in [0.1, 0.15) is 67.4 Å². The maximum Gasteiger partial charge on any atom is 0.339 e. The topological polar surface area (TPSA) is 75.7 Å². The van der Waals surface area contributed by atoms with Crippen molar-refractivity contribution in [2.75, 3.05) is 24.7 Å². The molecule has 2 amide bonds. The van der Waals surface area contributed by atoms with Gasteiger partial charge >= 0.3 is 5.97 Å². The average molecular weight is 497 g/mol. The van der Waals surface area contributed by atoms with Crippen LogP contribution in [0.3, 0.4) is 0 Å². The Hall–Kier alpha value is -2.80. The van der Waals surface area contributed by atoms with Crippen molar-refractivity contribution in [2.45, 2.75) is 69.7 Å². The first-order valence-corrected chi connectivity index (χ1v) is 13.5. The SMILES string of the molecule is CCc1cccc(CC)c1NC(=O)COC(=O)c1ccccc1SCC(=O)N(C)C1CCCCC1. The lowest BCUT2D eigenvalue weighted by Gasteiger charge is -2.31. The van der Waals surface area contributed by atoms with Gasteiger partial charge in [-0.1, -0.05) is 63.4 Å². The fourth-order valence-electron chi connectivity index (χ4n) is 4.46. The van der Waals surface area contributed by atoms with Gasteiger partial charge in [-0.25, -0.2) is 4.79 Å². The average Bonchev–Trinajstić information content (AvgIpc) is 2.90. The number of thioether (sulfide) groups is 1. The van der Waals surface area contributed by atoms with Crippen molar-refractivity contribution in [3.63, 3.8) is 0 Å². The number of benzene rings is 2. The number of nitrogens with zero attached hydrogens (tertiary/aromatic N) is 1. The molecule has 188 valence electrons. The van der Waals surface area contributed by atoms with E-state index in [1.165, 1.54) is 31.0 Å². The smallest absolute Gasteiger partial charge is 0.339 e. The molecule has 1 saturated carbocycles. The standard InChI is InChI=1S/C28H36N2O4S/c1-4-20-12-11-13-21(5-2)27(20)29-25(31)18-34-28(33)23-16-9-10-17-24(23)35-19-26(32)30(3)22-14-7-6-8-15-22/h9-13,16-17,22H,4-8,14-15,18-19H2,1-3H3,(H,29,31). The third kappa shape index (κ3) is 7.34. The fourth-order valence-corrected chi connectivity index (χ4v) is 5.43. The van der Waals surface area contributed by atoms with Gasteiger partial charge in [-0.15, -0.1) is 11.8 Å². The quantitative estimate of drug-likeness (QED) is 0.348. The van der Waals surface area contributed by atoms with E-state index in [4.69, 9.17) is 4.74 Å². The zero-order valence-corrected chi connectivity index (χ0v) is 21.8. The molecule has 2 aromatic carbocycles. The van der Waals surface area contributed by atoms with Crippen molar-refractivity contribution in [3.8, 4) is 0 Å². The van der Waals surface area contributed by atoms with E-state index < -0.39 is 5.97 Å². The maximum absolute atomic E-state index is 12.8. The van der Waals surface area contributed by atoms with Crippen molar-refractivity contribution < 1.29 is 19.1 Å². The van der Waals surface area contributed by atoms with Crippen molar-refractivity contribution in [1.82, 2.24) is 4.90 Å². The van der Waals surface area contributed by atoms with Crippen molar-refractivity contribution in [3.05, 3.63) is 59.2 Å². The number of anilines is 1. The maximum atomic E-state index is 12.8.